The largest absolute Gasteiger partial charge is 0.465 e. The lowest BCUT2D eigenvalue weighted by Gasteiger charge is -2.31. The molecule has 0 saturated carbocycles. The summed E-state index contributed by atoms with van der Waals surface area (Å²) in [5, 5.41) is 0. The topological polar surface area (TPSA) is 68.5 Å². The maximum atomic E-state index is 11.3. The van der Waals surface area contributed by atoms with Crippen molar-refractivity contribution >= 4 is 5.97 Å². The van der Waals surface area contributed by atoms with Crippen molar-refractivity contribution in [1.82, 2.24) is 9.88 Å². The molecule has 0 spiro atoms. The summed E-state index contributed by atoms with van der Waals surface area (Å²) >= 11 is 0. The third kappa shape index (κ3) is 3.75. The second-order valence-electron chi connectivity index (χ2n) is 5.01. The molecular weight excluding hydrogens is 242 g/mol. The van der Waals surface area contributed by atoms with E-state index < -0.39 is 0 Å². The number of hydrogen-bond donors (Lipinski definition) is 1. The first-order chi connectivity index (χ1) is 9.22. The van der Waals surface area contributed by atoms with Gasteiger partial charge in [-0.25, -0.2) is 4.79 Å². The van der Waals surface area contributed by atoms with Crippen molar-refractivity contribution in [3.63, 3.8) is 0 Å². The number of nitrogens with two attached hydrogens (primary N) is 1. The molecule has 2 N–H and O–H groups in total. The maximum Gasteiger partial charge on any atom is 0.339 e. The lowest BCUT2D eigenvalue weighted by Crippen LogP contribution is -2.38. The van der Waals surface area contributed by atoms with E-state index in [-0.39, 0.29) is 5.97 Å². The second kappa shape index (κ2) is 6.63. The number of piperidine rings is 1. The van der Waals surface area contributed by atoms with E-state index >= 15 is 0 Å². The monoisotopic (exact) mass is 263 g/mol. The Labute approximate surface area is 113 Å². The molecule has 2 rings (SSSR count). The first-order valence-electron chi connectivity index (χ1n) is 6.68. The van der Waals surface area contributed by atoms with E-state index in [4.69, 9.17) is 5.73 Å². The number of rotatable bonds is 4. The van der Waals surface area contributed by atoms with Crippen LogP contribution >= 0.6 is 0 Å². The minimum absolute atomic E-state index is 0.347. The SMILES string of the molecule is COC(=O)c1ccc(CN2CCCC(CN)C2)nc1. The van der Waals surface area contributed by atoms with Crippen molar-refractivity contribution in [2.24, 2.45) is 11.7 Å². The van der Waals surface area contributed by atoms with Crippen LogP contribution in [0.25, 0.3) is 0 Å². The van der Waals surface area contributed by atoms with Gasteiger partial charge in [-0.2, -0.15) is 0 Å². The summed E-state index contributed by atoms with van der Waals surface area (Å²) in [6.07, 6.45) is 4.00. The van der Waals surface area contributed by atoms with Crippen molar-refractivity contribution in [2.75, 3.05) is 26.7 Å². The summed E-state index contributed by atoms with van der Waals surface area (Å²) < 4.78 is 4.65. The molecule has 104 valence electrons. The summed E-state index contributed by atoms with van der Waals surface area (Å²) in [7, 11) is 1.37. The van der Waals surface area contributed by atoms with Gasteiger partial charge in [-0.3, -0.25) is 9.88 Å². The molecule has 1 aliphatic rings. The molecule has 1 atom stereocenters. The van der Waals surface area contributed by atoms with Gasteiger partial charge < -0.3 is 10.5 Å². The Morgan fingerprint density at radius 3 is 3.05 bits per heavy atom. The van der Waals surface area contributed by atoms with Crippen molar-refractivity contribution < 1.29 is 9.53 Å². The molecule has 5 heteroatoms. The summed E-state index contributed by atoms with van der Waals surface area (Å²) in [6.45, 7) is 3.71. The Balaban J connectivity index is 1.94. The van der Waals surface area contributed by atoms with E-state index in [1.807, 2.05) is 6.07 Å². The van der Waals surface area contributed by atoms with Gasteiger partial charge >= 0.3 is 5.97 Å². The van der Waals surface area contributed by atoms with Crippen molar-refractivity contribution in [2.45, 2.75) is 19.4 Å². The normalized spacial score (nSPS) is 20.2. The van der Waals surface area contributed by atoms with Gasteiger partial charge in [0.1, 0.15) is 0 Å². The number of carbonyl (C=O) groups excluding carboxylic acids is 1. The van der Waals surface area contributed by atoms with E-state index in [2.05, 4.69) is 14.6 Å². The minimum atomic E-state index is -0.347. The highest BCUT2D eigenvalue weighted by molar-refractivity contribution is 5.88. The summed E-state index contributed by atoms with van der Waals surface area (Å²) in [6, 6.07) is 3.65. The number of likely N-dealkylation sites (tertiary alicyclic amines) is 1. The smallest absolute Gasteiger partial charge is 0.339 e. The predicted octanol–water partition coefficient (Wildman–Crippen LogP) is 1.04. The molecule has 0 aliphatic carbocycles. The van der Waals surface area contributed by atoms with Crippen LogP contribution < -0.4 is 5.73 Å². The van der Waals surface area contributed by atoms with Gasteiger partial charge in [0, 0.05) is 19.3 Å². The maximum absolute atomic E-state index is 11.3. The van der Waals surface area contributed by atoms with Gasteiger partial charge in [0.2, 0.25) is 0 Å². The van der Waals surface area contributed by atoms with Crippen LogP contribution in [0.15, 0.2) is 18.3 Å². The Bertz CT molecular complexity index is 419. The Kier molecular flexibility index (Phi) is 4.87. The Morgan fingerprint density at radius 2 is 2.42 bits per heavy atom. The van der Waals surface area contributed by atoms with Crippen LogP contribution in [-0.2, 0) is 11.3 Å². The minimum Gasteiger partial charge on any atom is -0.465 e. The highest BCUT2D eigenvalue weighted by Gasteiger charge is 2.19. The molecule has 0 radical (unpaired) electrons. The quantitative estimate of drug-likeness (QED) is 0.822. The van der Waals surface area contributed by atoms with Crippen molar-refractivity contribution in [1.29, 1.82) is 0 Å². The second-order valence-corrected chi connectivity index (χ2v) is 5.01. The average Bonchev–Trinajstić information content (AvgIpc) is 2.47. The lowest BCUT2D eigenvalue weighted by atomic mass is 9.98. The van der Waals surface area contributed by atoms with Gasteiger partial charge in [-0.1, -0.05) is 0 Å². The highest BCUT2D eigenvalue weighted by Crippen LogP contribution is 2.17. The van der Waals surface area contributed by atoms with Gasteiger partial charge in [-0.15, -0.1) is 0 Å². The standard InChI is InChI=1S/C14H21N3O2/c1-19-14(18)12-4-5-13(16-8-12)10-17-6-2-3-11(7-15)9-17/h4-5,8,11H,2-3,6-7,9-10,15H2,1H3. The fourth-order valence-corrected chi connectivity index (χ4v) is 2.47. The molecule has 1 aromatic rings. The van der Waals surface area contributed by atoms with E-state index in [9.17, 15) is 4.79 Å². The number of esters is 1. The molecule has 0 bridgehead atoms. The zero-order valence-corrected chi connectivity index (χ0v) is 11.3. The first-order valence-corrected chi connectivity index (χ1v) is 6.68. The Hall–Kier alpha value is -1.46. The molecule has 5 nitrogen and oxygen atoms in total. The van der Waals surface area contributed by atoms with E-state index in [1.54, 1.807) is 12.3 Å². The molecular formula is C14H21N3O2. The van der Waals surface area contributed by atoms with Crippen LogP contribution in [0, 0.1) is 5.92 Å². The van der Waals surface area contributed by atoms with E-state index in [1.165, 1.54) is 20.0 Å². The number of aromatic nitrogens is 1. The van der Waals surface area contributed by atoms with Crippen LogP contribution in [0.2, 0.25) is 0 Å². The number of hydrogen-bond acceptors (Lipinski definition) is 5. The number of nitrogens with zero attached hydrogens (tertiary/aromatic N) is 2. The van der Waals surface area contributed by atoms with Crippen molar-refractivity contribution in [3.8, 4) is 0 Å². The fourth-order valence-electron chi connectivity index (χ4n) is 2.47. The summed E-state index contributed by atoms with van der Waals surface area (Å²) in [5.74, 6) is 0.253. The van der Waals surface area contributed by atoms with Gasteiger partial charge in [0.15, 0.2) is 0 Å². The van der Waals surface area contributed by atoms with Crippen LogP contribution in [0.3, 0.4) is 0 Å². The zero-order valence-electron chi connectivity index (χ0n) is 11.3. The number of methoxy groups -OCH3 is 1. The van der Waals surface area contributed by atoms with Gasteiger partial charge in [-0.05, 0) is 44.0 Å². The molecule has 1 aromatic heterocycles. The molecule has 1 aliphatic heterocycles. The molecule has 0 amide bonds. The number of pyridine rings is 1. The molecule has 0 aromatic carbocycles. The molecule has 1 saturated heterocycles. The average molecular weight is 263 g/mol. The molecule has 2 heterocycles. The van der Waals surface area contributed by atoms with Crippen LogP contribution in [-0.4, -0.2) is 42.6 Å². The van der Waals surface area contributed by atoms with Crippen molar-refractivity contribution in [3.05, 3.63) is 29.6 Å². The fraction of sp³-hybridized carbons (Fsp3) is 0.571. The van der Waals surface area contributed by atoms with Crippen LogP contribution in [0.1, 0.15) is 28.9 Å². The first kappa shape index (κ1) is 14.0. The predicted molar refractivity (Wildman–Crippen MR) is 72.6 cm³/mol. The lowest BCUT2D eigenvalue weighted by molar-refractivity contribution is 0.0600. The summed E-state index contributed by atoms with van der Waals surface area (Å²) in [5.41, 5.74) is 7.20. The van der Waals surface area contributed by atoms with E-state index in [0.717, 1.165) is 31.9 Å². The molecule has 19 heavy (non-hydrogen) atoms. The highest BCUT2D eigenvalue weighted by atomic mass is 16.5. The summed E-state index contributed by atoms with van der Waals surface area (Å²) in [4.78, 5) is 18.0. The van der Waals surface area contributed by atoms with Gasteiger partial charge in [0.05, 0.1) is 18.4 Å². The number of carbonyl (C=O) groups is 1. The van der Waals surface area contributed by atoms with Crippen LogP contribution in [0.4, 0.5) is 0 Å². The molecule has 1 fully saturated rings. The van der Waals surface area contributed by atoms with E-state index in [0.29, 0.717) is 11.5 Å². The third-order valence-electron chi connectivity index (χ3n) is 3.57. The third-order valence-corrected chi connectivity index (χ3v) is 3.57. The Morgan fingerprint density at radius 1 is 1.58 bits per heavy atom. The zero-order chi connectivity index (χ0) is 13.7. The van der Waals surface area contributed by atoms with Gasteiger partial charge in [0.25, 0.3) is 0 Å². The van der Waals surface area contributed by atoms with Crippen LogP contribution in [0.5, 0.6) is 0 Å². The molecule has 1 unspecified atom stereocenters. The number of ether oxygens (including phenoxy) is 1.